The third-order valence-corrected chi connectivity index (χ3v) is 4.19. The van der Waals surface area contributed by atoms with Crippen LogP contribution in [-0.2, 0) is 14.3 Å². The lowest BCUT2D eigenvalue weighted by Gasteiger charge is -2.06. The minimum Gasteiger partial charge on any atom is -0.497 e. The van der Waals surface area contributed by atoms with Gasteiger partial charge in [-0.15, -0.1) is 5.10 Å². The quantitative estimate of drug-likeness (QED) is 0.373. The molecule has 0 aliphatic heterocycles. The van der Waals surface area contributed by atoms with E-state index in [1.807, 2.05) is 24.3 Å². The molecule has 1 heterocycles. The second-order valence-corrected chi connectivity index (χ2v) is 6.06. The maximum absolute atomic E-state index is 11.9. The highest BCUT2D eigenvalue weighted by molar-refractivity contribution is 7.99. The van der Waals surface area contributed by atoms with Gasteiger partial charge in [0.2, 0.25) is 11.1 Å². The van der Waals surface area contributed by atoms with E-state index in [1.54, 1.807) is 18.7 Å². The summed E-state index contributed by atoms with van der Waals surface area (Å²) in [6.45, 7) is 2.54. The lowest BCUT2D eigenvalue weighted by atomic mass is 10.3. The first kappa shape index (κ1) is 19.7. The highest BCUT2D eigenvalue weighted by Gasteiger charge is 2.11. The van der Waals surface area contributed by atoms with E-state index in [0.717, 1.165) is 11.4 Å². The van der Waals surface area contributed by atoms with E-state index in [1.165, 1.54) is 11.8 Å². The molecule has 1 aromatic heterocycles. The van der Waals surface area contributed by atoms with E-state index in [4.69, 9.17) is 9.47 Å². The van der Waals surface area contributed by atoms with Crippen molar-refractivity contribution in [2.24, 2.45) is 0 Å². The van der Waals surface area contributed by atoms with E-state index < -0.39 is 0 Å². The van der Waals surface area contributed by atoms with Gasteiger partial charge in [0.1, 0.15) is 5.75 Å². The number of aromatic nitrogens is 4. The van der Waals surface area contributed by atoms with Crippen molar-refractivity contribution in [3.8, 4) is 11.4 Å². The highest BCUT2D eigenvalue weighted by Crippen LogP contribution is 2.20. The van der Waals surface area contributed by atoms with Crippen LogP contribution in [-0.4, -0.2) is 58.1 Å². The summed E-state index contributed by atoms with van der Waals surface area (Å²) in [6.07, 6.45) is 0.829. The normalized spacial score (nSPS) is 10.4. The van der Waals surface area contributed by atoms with Crippen LogP contribution in [0.2, 0.25) is 0 Å². The van der Waals surface area contributed by atoms with Crippen LogP contribution >= 0.6 is 11.8 Å². The van der Waals surface area contributed by atoms with E-state index in [9.17, 15) is 9.59 Å². The van der Waals surface area contributed by atoms with Gasteiger partial charge in [0.25, 0.3) is 0 Å². The molecule has 2 aromatic rings. The van der Waals surface area contributed by atoms with Crippen molar-refractivity contribution >= 4 is 23.6 Å². The van der Waals surface area contributed by atoms with E-state index >= 15 is 0 Å². The highest BCUT2D eigenvalue weighted by atomic mass is 32.2. The van der Waals surface area contributed by atoms with Gasteiger partial charge in [0, 0.05) is 13.0 Å². The number of thioether (sulfide) groups is 1. The third-order valence-electron chi connectivity index (χ3n) is 3.28. The minimum atomic E-state index is -0.255. The Bertz CT molecular complexity index is 720. The molecule has 0 bridgehead atoms. The zero-order valence-electron chi connectivity index (χ0n) is 14.7. The monoisotopic (exact) mass is 379 g/mol. The molecule has 0 radical (unpaired) electrons. The first-order valence-corrected chi connectivity index (χ1v) is 9.10. The van der Waals surface area contributed by atoms with Gasteiger partial charge in [0.05, 0.1) is 25.2 Å². The van der Waals surface area contributed by atoms with Crippen LogP contribution in [0, 0.1) is 0 Å². The number of amides is 1. The van der Waals surface area contributed by atoms with Crippen molar-refractivity contribution in [3.05, 3.63) is 24.3 Å². The average Bonchev–Trinajstić information content (AvgIpc) is 3.12. The van der Waals surface area contributed by atoms with Gasteiger partial charge in [-0.2, -0.15) is 4.68 Å². The number of benzene rings is 1. The number of carbonyl (C=O) groups is 2. The first-order chi connectivity index (χ1) is 12.6. The Hall–Kier alpha value is -2.62. The summed E-state index contributed by atoms with van der Waals surface area (Å²) in [6, 6.07) is 7.27. The van der Waals surface area contributed by atoms with Crippen LogP contribution in [0.15, 0.2) is 29.4 Å². The standard InChI is InChI=1S/C16H21N5O4S/c1-3-25-15(23)5-4-10-17-14(22)11-26-16-18-19-20-21(16)12-6-8-13(24-2)9-7-12/h6-9H,3-5,10-11H2,1-2H3,(H,17,22). The van der Waals surface area contributed by atoms with Crippen LogP contribution in [0.1, 0.15) is 19.8 Å². The molecule has 140 valence electrons. The number of nitrogens with one attached hydrogen (secondary N) is 1. The SMILES string of the molecule is CCOC(=O)CCCNC(=O)CSc1nnnn1-c1ccc(OC)cc1. The van der Waals surface area contributed by atoms with Crippen LogP contribution < -0.4 is 10.1 Å². The number of methoxy groups -OCH3 is 1. The molecule has 0 saturated heterocycles. The van der Waals surface area contributed by atoms with Crippen molar-refractivity contribution in [2.45, 2.75) is 24.9 Å². The van der Waals surface area contributed by atoms with Crippen LogP contribution in [0.5, 0.6) is 5.75 Å². The number of esters is 1. The second kappa shape index (κ2) is 10.4. The number of rotatable bonds is 10. The summed E-state index contributed by atoms with van der Waals surface area (Å²) < 4.78 is 11.5. The summed E-state index contributed by atoms with van der Waals surface area (Å²) in [5, 5.41) is 14.8. The predicted octanol–water partition coefficient (Wildman–Crippen LogP) is 1.22. The molecule has 2 rings (SSSR count). The number of tetrazole rings is 1. The van der Waals surface area contributed by atoms with Gasteiger partial charge >= 0.3 is 5.97 Å². The Morgan fingerprint density at radius 1 is 1.27 bits per heavy atom. The Labute approximate surface area is 155 Å². The molecule has 1 aromatic carbocycles. The fourth-order valence-corrected chi connectivity index (χ4v) is 2.75. The van der Waals surface area contributed by atoms with Crippen LogP contribution in [0.3, 0.4) is 0 Å². The third kappa shape index (κ3) is 6.03. The fraction of sp³-hybridized carbons (Fsp3) is 0.438. The van der Waals surface area contributed by atoms with Crippen molar-refractivity contribution in [3.63, 3.8) is 0 Å². The summed E-state index contributed by atoms with van der Waals surface area (Å²) in [5.41, 5.74) is 0.771. The Kier molecular flexibility index (Phi) is 7.87. The molecule has 0 spiro atoms. The lowest BCUT2D eigenvalue weighted by Crippen LogP contribution is -2.26. The van der Waals surface area contributed by atoms with Crippen LogP contribution in [0.4, 0.5) is 0 Å². The van der Waals surface area contributed by atoms with Crippen LogP contribution in [0.25, 0.3) is 5.69 Å². The zero-order chi connectivity index (χ0) is 18.8. The molecular weight excluding hydrogens is 358 g/mol. The summed E-state index contributed by atoms with van der Waals surface area (Å²) >= 11 is 1.23. The molecule has 0 atom stereocenters. The summed E-state index contributed by atoms with van der Waals surface area (Å²) in [7, 11) is 1.60. The summed E-state index contributed by atoms with van der Waals surface area (Å²) in [4.78, 5) is 23.1. The molecule has 0 fully saturated rings. The Morgan fingerprint density at radius 3 is 2.73 bits per heavy atom. The van der Waals surface area contributed by atoms with Crippen molar-refractivity contribution in [1.82, 2.24) is 25.5 Å². The number of hydrogen-bond donors (Lipinski definition) is 1. The number of hydrogen-bond acceptors (Lipinski definition) is 8. The Balaban J connectivity index is 1.78. The van der Waals surface area contributed by atoms with Crippen molar-refractivity contribution in [2.75, 3.05) is 26.0 Å². The maximum Gasteiger partial charge on any atom is 0.305 e. The van der Waals surface area contributed by atoms with Crippen molar-refractivity contribution in [1.29, 1.82) is 0 Å². The van der Waals surface area contributed by atoms with E-state index in [2.05, 4.69) is 20.8 Å². The minimum absolute atomic E-state index is 0.150. The molecule has 9 nitrogen and oxygen atoms in total. The maximum atomic E-state index is 11.9. The molecule has 0 saturated carbocycles. The topological polar surface area (TPSA) is 108 Å². The van der Waals surface area contributed by atoms with E-state index in [0.29, 0.717) is 24.7 Å². The molecule has 0 aliphatic carbocycles. The van der Waals surface area contributed by atoms with Gasteiger partial charge in [-0.25, -0.2) is 0 Å². The molecule has 0 aliphatic rings. The van der Waals surface area contributed by atoms with Gasteiger partial charge in [-0.05, 0) is 48.0 Å². The number of ether oxygens (including phenoxy) is 2. The molecule has 0 unspecified atom stereocenters. The smallest absolute Gasteiger partial charge is 0.305 e. The van der Waals surface area contributed by atoms with Gasteiger partial charge in [-0.1, -0.05) is 11.8 Å². The molecule has 26 heavy (non-hydrogen) atoms. The lowest BCUT2D eigenvalue weighted by molar-refractivity contribution is -0.143. The zero-order valence-corrected chi connectivity index (χ0v) is 15.5. The molecule has 10 heteroatoms. The molecule has 1 amide bonds. The number of carbonyl (C=O) groups excluding carboxylic acids is 2. The van der Waals surface area contributed by atoms with Gasteiger partial charge in [0.15, 0.2) is 0 Å². The second-order valence-electron chi connectivity index (χ2n) is 5.12. The fourth-order valence-electron chi connectivity index (χ4n) is 2.03. The first-order valence-electron chi connectivity index (χ1n) is 8.12. The largest absolute Gasteiger partial charge is 0.497 e. The van der Waals surface area contributed by atoms with E-state index in [-0.39, 0.29) is 24.1 Å². The predicted molar refractivity (Wildman–Crippen MR) is 95.3 cm³/mol. The van der Waals surface area contributed by atoms with Gasteiger partial charge < -0.3 is 14.8 Å². The summed E-state index contributed by atoms with van der Waals surface area (Å²) in [5.74, 6) is 0.506. The molecule has 1 N–H and O–H groups in total. The molecular formula is C16H21N5O4S. The van der Waals surface area contributed by atoms with Crippen molar-refractivity contribution < 1.29 is 19.1 Å². The average molecular weight is 379 g/mol. The Morgan fingerprint density at radius 2 is 2.04 bits per heavy atom. The van der Waals surface area contributed by atoms with Gasteiger partial charge in [-0.3, -0.25) is 9.59 Å². The number of nitrogens with zero attached hydrogens (tertiary/aromatic N) is 4.